The fraction of sp³-hybridized carbons (Fsp3) is 0.520. The van der Waals surface area contributed by atoms with E-state index >= 15 is 0 Å². The number of nitrogens with one attached hydrogen (secondary N) is 2. The van der Waals surface area contributed by atoms with Gasteiger partial charge in [-0.15, -0.1) is 0 Å². The largest absolute Gasteiger partial charge is 0.341 e. The van der Waals surface area contributed by atoms with E-state index in [0.717, 1.165) is 11.4 Å². The van der Waals surface area contributed by atoms with Gasteiger partial charge in [0, 0.05) is 29.8 Å². The number of benzene rings is 1. The van der Waals surface area contributed by atoms with Gasteiger partial charge in [0.2, 0.25) is 5.91 Å². The summed E-state index contributed by atoms with van der Waals surface area (Å²) < 4.78 is 1.70. The minimum atomic E-state index is -0.697. The molecule has 0 saturated carbocycles. The molecule has 4 rings (SSSR count). The third kappa shape index (κ3) is 5.15. The Labute approximate surface area is 210 Å². The molecule has 2 aromatic rings. The number of aromatic nitrogens is 2. The van der Waals surface area contributed by atoms with Crippen LogP contribution in [-0.4, -0.2) is 62.5 Å². The van der Waals surface area contributed by atoms with E-state index in [0.29, 0.717) is 49.0 Å². The molecule has 0 spiro atoms. The van der Waals surface area contributed by atoms with Gasteiger partial charge >= 0.3 is 12.1 Å². The zero-order valence-electron chi connectivity index (χ0n) is 20.9. The molecule has 1 saturated heterocycles. The molecule has 4 amide bonds. The molecule has 1 aromatic carbocycles. The topological polar surface area (TPSA) is 99.6 Å². The van der Waals surface area contributed by atoms with Crippen LogP contribution in [0.1, 0.15) is 50.8 Å². The fourth-order valence-corrected chi connectivity index (χ4v) is 4.98. The maximum atomic E-state index is 13.5. The molecule has 1 fully saturated rings. The van der Waals surface area contributed by atoms with Gasteiger partial charge < -0.3 is 20.4 Å². The molecule has 9 nitrogen and oxygen atoms in total. The predicted molar refractivity (Wildman–Crippen MR) is 134 cm³/mol. The van der Waals surface area contributed by atoms with Gasteiger partial charge in [-0.05, 0) is 56.4 Å². The van der Waals surface area contributed by atoms with Crippen molar-refractivity contribution in [3.8, 4) is 0 Å². The van der Waals surface area contributed by atoms with Crippen LogP contribution in [0.15, 0.2) is 24.3 Å². The Bertz CT molecular complexity index is 1130. The van der Waals surface area contributed by atoms with Gasteiger partial charge in [-0.3, -0.25) is 9.36 Å². The van der Waals surface area contributed by atoms with E-state index in [9.17, 15) is 14.4 Å². The maximum Gasteiger partial charge on any atom is 0.330 e. The highest BCUT2D eigenvalue weighted by atomic mass is 35.5. The lowest BCUT2D eigenvalue weighted by molar-refractivity contribution is -0.137. The molecule has 10 heteroatoms. The SMILES string of the molecule is Cc1nc(C)n2c1CN(C1CCN(C(=O)[C@H](NC(=O)Nc3ccc(Cl)cc3)C(C)(C)C)CC1)C2=O. The number of urea groups is 1. The normalized spacial score (nSPS) is 17.4. The number of carbonyl (C=O) groups excluding carboxylic acids is 3. The molecular weight excluding hydrogens is 468 g/mol. The van der Waals surface area contributed by atoms with Crippen molar-refractivity contribution in [2.45, 2.75) is 66.1 Å². The number of fused-ring (bicyclic) bond motifs is 1. The molecule has 1 atom stereocenters. The van der Waals surface area contributed by atoms with Gasteiger partial charge in [0.25, 0.3) is 0 Å². The van der Waals surface area contributed by atoms with Crippen molar-refractivity contribution >= 4 is 35.3 Å². The first-order chi connectivity index (χ1) is 16.5. The van der Waals surface area contributed by atoms with E-state index in [1.807, 2.05) is 39.5 Å². The number of anilines is 1. The first kappa shape index (κ1) is 25.0. The van der Waals surface area contributed by atoms with E-state index in [1.54, 1.807) is 33.7 Å². The van der Waals surface area contributed by atoms with Gasteiger partial charge in [-0.25, -0.2) is 14.6 Å². The summed E-state index contributed by atoms with van der Waals surface area (Å²) in [5, 5.41) is 6.20. The third-order valence-corrected chi connectivity index (χ3v) is 7.06. The molecule has 188 valence electrons. The van der Waals surface area contributed by atoms with Gasteiger partial charge in [0.1, 0.15) is 11.9 Å². The van der Waals surface area contributed by atoms with Crippen molar-refractivity contribution in [1.29, 1.82) is 0 Å². The number of likely N-dealkylation sites (tertiary alicyclic amines) is 1. The zero-order valence-corrected chi connectivity index (χ0v) is 21.6. The van der Waals surface area contributed by atoms with E-state index < -0.39 is 17.5 Å². The smallest absolute Gasteiger partial charge is 0.330 e. The van der Waals surface area contributed by atoms with Gasteiger partial charge in [0.05, 0.1) is 17.9 Å². The van der Waals surface area contributed by atoms with E-state index in [-0.39, 0.29) is 18.0 Å². The Morgan fingerprint density at radius 1 is 1.11 bits per heavy atom. The quantitative estimate of drug-likeness (QED) is 0.658. The van der Waals surface area contributed by atoms with Crippen LogP contribution in [-0.2, 0) is 11.3 Å². The van der Waals surface area contributed by atoms with Gasteiger partial charge in [-0.1, -0.05) is 32.4 Å². The maximum absolute atomic E-state index is 13.5. The summed E-state index contributed by atoms with van der Waals surface area (Å²) in [6, 6.07) is 5.68. The number of carbonyl (C=O) groups is 3. The average molecular weight is 501 g/mol. The molecule has 0 aliphatic carbocycles. The Hall–Kier alpha value is -3.07. The number of amides is 4. The van der Waals surface area contributed by atoms with Crippen LogP contribution >= 0.6 is 11.6 Å². The molecule has 2 aliphatic rings. The molecule has 0 radical (unpaired) electrons. The van der Waals surface area contributed by atoms with Crippen molar-refractivity contribution < 1.29 is 14.4 Å². The monoisotopic (exact) mass is 500 g/mol. The van der Waals surface area contributed by atoms with Crippen molar-refractivity contribution in [2.75, 3.05) is 18.4 Å². The van der Waals surface area contributed by atoms with Crippen molar-refractivity contribution in [1.82, 2.24) is 24.7 Å². The molecular formula is C25H33ClN6O3. The number of imidazole rings is 1. The molecule has 2 aliphatic heterocycles. The van der Waals surface area contributed by atoms with Crippen molar-refractivity contribution in [3.05, 3.63) is 46.5 Å². The van der Waals surface area contributed by atoms with E-state index in [2.05, 4.69) is 15.6 Å². The molecule has 2 N–H and O–H groups in total. The third-order valence-electron chi connectivity index (χ3n) is 6.81. The summed E-state index contributed by atoms with van der Waals surface area (Å²) in [6.45, 7) is 11.2. The molecule has 0 bridgehead atoms. The van der Waals surface area contributed by atoms with E-state index in [1.165, 1.54) is 0 Å². The van der Waals surface area contributed by atoms with Gasteiger partial charge in [0.15, 0.2) is 0 Å². The summed E-state index contributed by atoms with van der Waals surface area (Å²) in [4.78, 5) is 47.2. The standard InChI is InChI=1S/C25H33ClN6O3/c1-15-20-14-31(24(35)32(20)16(2)27-15)19-10-12-30(13-11-19)22(33)21(25(3,4)5)29-23(34)28-18-8-6-17(26)7-9-18/h6-9,19,21H,10-14H2,1-5H3,(H2,28,29,34)/t21-/m0/s1. The molecule has 1 aromatic heterocycles. The summed E-state index contributed by atoms with van der Waals surface area (Å²) in [6.07, 6.45) is 1.39. The number of piperidine rings is 1. The van der Waals surface area contributed by atoms with Crippen LogP contribution in [0, 0.1) is 19.3 Å². The Kier molecular flexibility index (Phi) is 6.81. The second-order valence-electron chi connectivity index (χ2n) is 10.4. The minimum Gasteiger partial charge on any atom is -0.341 e. The number of halogens is 1. The number of hydrogen-bond acceptors (Lipinski definition) is 4. The lowest BCUT2D eigenvalue weighted by Crippen LogP contribution is -2.57. The van der Waals surface area contributed by atoms with E-state index in [4.69, 9.17) is 11.6 Å². The first-order valence-electron chi connectivity index (χ1n) is 11.9. The number of hydrogen-bond donors (Lipinski definition) is 2. The lowest BCUT2D eigenvalue weighted by atomic mass is 9.85. The summed E-state index contributed by atoms with van der Waals surface area (Å²) in [5.74, 6) is 0.602. The van der Waals surface area contributed by atoms with Crippen LogP contribution in [0.4, 0.5) is 15.3 Å². The molecule has 3 heterocycles. The van der Waals surface area contributed by atoms with Crippen LogP contribution in [0.5, 0.6) is 0 Å². The average Bonchev–Trinajstić information content (AvgIpc) is 3.29. The Morgan fingerprint density at radius 2 is 1.74 bits per heavy atom. The second-order valence-corrected chi connectivity index (χ2v) is 10.8. The van der Waals surface area contributed by atoms with Crippen LogP contribution < -0.4 is 10.6 Å². The predicted octanol–water partition coefficient (Wildman–Crippen LogP) is 4.16. The molecule has 35 heavy (non-hydrogen) atoms. The number of rotatable bonds is 4. The highest BCUT2D eigenvalue weighted by molar-refractivity contribution is 6.30. The highest BCUT2D eigenvalue weighted by Gasteiger charge is 2.40. The summed E-state index contributed by atoms with van der Waals surface area (Å²) in [5.41, 5.74) is 1.95. The van der Waals surface area contributed by atoms with Crippen LogP contribution in [0.3, 0.4) is 0 Å². The Morgan fingerprint density at radius 3 is 2.31 bits per heavy atom. The lowest BCUT2D eigenvalue weighted by Gasteiger charge is -2.40. The van der Waals surface area contributed by atoms with Crippen molar-refractivity contribution in [2.24, 2.45) is 5.41 Å². The zero-order chi connectivity index (χ0) is 25.5. The van der Waals surface area contributed by atoms with Crippen LogP contribution in [0.25, 0.3) is 0 Å². The van der Waals surface area contributed by atoms with Gasteiger partial charge in [-0.2, -0.15) is 0 Å². The molecule has 0 unspecified atom stereocenters. The van der Waals surface area contributed by atoms with Crippen molar-refractivity contribution in [3.63, 3.8) is 0 Å². The highest BCUT2D eigenvalue weighted by Crippen LogP contribution is 2.29. The number of aryl methyl sites for hydroxylation is 2. The summed E-state index contributed by atoms with van der Waals surface area (Å²) >= 11 is 5.91. The second kappa shape index (κ2) is 9.53. The Balaban J connectivity index is 1.37. The summed E-state index contributed by atoms with van der Waals surface area (Å²) in [7, 11) is 0. The number of nitrogens with zero attached hydrogens (tertiary/aromatic N) is 4. The van der Waals surface area contributed by atoms with Crippen LogP contribution in [0.2, 0.25) is 5.02 Å². The fourth-order valence-electron chi connectivity index (χ4n) is 4.86. The minimum absolute atomic E-state index is 0.0315. The first-order valence-corrected chi connectivity index (χ1v) is 12.3.